The van der Waals surface area contributed by atoms with Crippen LogP contribution in [0.4, 0.5) is 5.82 Å². The Labute approximate surface area is 111 Å². The monoisotopic (exact) mass is 260 g/mol. The summed E-state index contributed by atoms with van der Waals surface area (Å²) in [6.07, 6.45) is 2.49. The van der Waals surface area contributed by atoms with E-state index in [4.69, 9.17) is 0 Å². The van der Waals surface area contributed by atoms with Crippen LogP contribution in [0.25, 0.3) is 0 Å². The molecule has 0 bridgehead atoms. The van der Waals surface area contributed by atoms with Crippen LogP contribution in [0.2, 0.25) is 0 Å². The standard InChI is InChI=1S/C14H16N2OS/c17-10-11-3-1-5-14(15-11)16(12-6-7-12)9-13-4-2-8-18-13/h1-5,8,12,17H,6-7,9-10H2. The smallest absolute Gasteiger partial charge is 0.129 e. The highest BCUT2D eigenvalue weighted by Gasteiger charge is 2.30. The third-order valence-electron chi connectivity index (χ3n) is 3.14. The highest BCUT2D eigenvalue weighted by molar-refractivity contribution is 7.09. The molecule has 2 aromatic rings. The van der Waals surface area contributed by atoms with E-state index in [0.717, 1.165) is 18.1 Å². The summed E-state index contributed by atoms with van der Waals surface area (Å²) in [6, 6.07) is 10.7. The van der Waals surface area contributed by atoms with Crippen molar-refractivity contribution in [2.24, 2.45) is 0 Å². The number of hydrogen-bond donors (Lipinski definition) is 1. The molecule has 18 heavy (non-hydrogen) atoms. The van der Waals surface area contributed by atoms with Gasteiger partial charge in [0.15, 0.2) is 0 Å². The van der Waals surface area contributed by atoms with Gasteiger partial charge in [0, 0.05) is 10.9 Å². The largest absolute Gasteiger partial charge is 0.390 e. The lowest BCUT2D eigenvalue weighted by molar-refractivity contribution is 0.277. The van der Waals surface area contributed by atoms with Crippen molar-refractivity contribution in [3.8, 4) is 0 Å². The fourth-order valence-corrected chi connectivity index (χ4v) is 2.77. The van der Waals surface area contributed by atoms with Gasteiger partial charge in [-0.05, 0) is 36.4 Å². The second kappa shape index (κ2) is 5.08. The molecule has 2 aromatic heterocycles. The van der Waals surface area contributed by atoms with Crippen molar-refractivity contribution < 1.29 is 5.11 Å². The third kappa shape index (κ3) is 2.54. The number of nitrogens with zero attached hydrogens (tertiary/aromatic N) is 2. The average Bonchev–Trinajstić information content (AvgIpc) is 3.13. The molecular weight excluding hydrogens is 244 g/mol. The van der Waals surface area contributed by atoms with E-state index >= 15 is 0 Å². The lowest BCUT2D eigenvalue weighted by atomic mass is 10.3. The number of aliphatic hydroxyl groups is 1. The van der Waals surface area contributed by atoms with Gasteiger partial charge in [-0.25, -0.2) is 4.98 Å². The molecule has 0 unspecified atom stereocenters. The lowest BCUT2D eigenvalue weighted by Crippen LogP contribution is -2.25. The Kier molecular flexibility index (Phi) is 3.30. The molecule has 1 fully saturated rings. The summed E-state index contributed by atoms with van der Waals surface area (Å²) in [5, 5.41) is 11.3. The molecule has 94 valence electrons. The molecule has 4 heteroatoms. The molecule has 1 N–H and O–H groups in total. The topological polar surface area (TPSA) is 36.4 Å². The molecule has 3 rings (SSSR count). The van der Waals surface area contributed by atoms with Gasteiger partial charge in [0.1, 0.15) is 5.82 Å². The van der Waals surface area contributed by atoms with E-state index in [-0.39, 0.29) is 6.61 Å². The van der Waals surface area contributed by atoms with Gasteiger partial charge < -0.3 is 10.0 Å². The molecule has 0 aliphatic heterocycles. The van der Waals surface area contributed by atoms with E-state index in [2.05, 4.69) is 27.4 Å². The normalized spacial score (nSPS) is 14.7. The molecule has 0 amide bonds. The maximum absolute atomic E-state index is 9.18. The molecule has 0 saturated heterocycles. The van der Waals surface area contributed by atoms with Gasteiger partial charge in [0.25, 0.3) is 0 Å². The fourth-order valence-electron chi connectivity index (χ4n) is 2.07. The summed E-state index contributed by atoms with van der Waals surface area (Å²) >= 11 is 1.78. The first-order valence-electron chi connectivity index (χ1n) is 6.22. The van der Waals surface area contributed by atoms with Gasteiger partial charge in [-0.15, -0.1) is 11.3 Å². The molecule has 2 heterocycles. The molecule has 0 atom stereocenters. The summed E-state index contributed by atoms with van der Waals surface area (Å²) in [5.74, 6) is 0.984. The lowest BCUT2D eigenvalue weighted by Gasteiger charge is -2.23. The third-order valence-corrected chi connectivity index (χ3v) is 4.00. The van der Waals surface area contributed by atoms with Crippen LogP contribution in [-0.2, 0) is 13.2 Å². The van der Waals surface area contributed by atoms with E-state index in [1.54, 1.807) is 11.3 Å². The molecule has 1 saturated carbocycles. The molecule has 1 aliphatic carbocycles. The van der Waals surface area contributed by atoms with E-state index in [9.17, 15) is 5.11 Å². The summed E-state index contributed by atoms with van der Waals surface area (Å²) in [4.78, 5) is 8.23. The van der Waals surface area contributed by atoms with E-state index in [1.165, 1.54) is 17.7 Å². The van der Waals surface area contributed by atoms with E-state index < -0.39 is 0 Å². The number of rotatable bonds is 5. The van der Waals surface area contributed by atoms with Crippen molar-refractivity contribution >= 4 is 17.2 Å². The van der Waals surface area contributed by atoms with Crippen molar-refractivity contribution in [1.29, 1.82) is 0 Å². The second-order valence-electron chi connectivity index (χ2n) is 4.58. The first kappa shape index (κ1) is 11.7. The molecule has 0 spiro atoms. The van der Waals surface area contributed by atoms with Crippen LogP contribution in [0.5, 0.6) is 0 Å². The zero-order valence-electron chi connectivity index (χ0n) is 10.1. The predicted octanol–water partition coefficient (Wildman–Crippen LogP) is 2.80. The Hall–Kier alpha value is -1.39. The van der Waals surface area contributed by atoms with Crippen LogP contribution in [0, 0.1) is 0 Å². The van der Waals surface area contributed by atoms with Gasteiger partial charge in [-0.1, -0.05) is 12.1 Å². The number of anilines is 1. The number of aromatic nitrogens is 1. The quantitative estimate of drug-likeness (QED) is 0.898. The van der Waals surface area contributed by atoms with Gasteiger partial charge in [0.05, 0.1) is 18.8 Å². The Morgan fingerprint density at radius 2 is 2.17 bits per heavy atom. The van der Waals surface area contributed by atoms with Crippen molar-refractivity contribution in [3.05, 3.63) is 46.3 Å². The Bertz CT molecular complexity index is 508. The van der Waals surface area contributed by atoms with Gasteiger partial charge in [-0.3, -0.25) is 0 Å². The fraction of sp³-hybridized carbons (Fsp3) is 0.357. The minimum atomic E-state index is 0.00531. The minimum absolute atomic E-state index is 0.00531. The Balaban J connectivity index is 1.84. The second-order valence-corrected chi connectivity index (χ2v) is 5.62. The summed E-state index contributed by atoms with van der Waals surface area (Å²) in [5.41, 5.74) is 0.740. The van der Waals surface area contributed by atoms with Crippen LogP contribution < -0.4 is 4.90 Å². The van der Waals surface area contributed by atoms with Gasteiger partial charge >= 0.3 is 0 Å². The van der Waals surface area contributed by atoms with Crippen LogP contribution in [0.1, 0.15) is 23.4 Å². The Morgan fingerprint density at radius 1 is 1.28 bits per heavy atom. The van der Waals surface area contributed by atoms with Crippen LogP contribution in [0.3, 0.4) is 0 Å². The number of thiophene rings is 1. The minimum Gasteiger partial charge on any atom is -0.390 e. The van der Waals surface area contributed by atoms with Gasteiger partial charge in [-0.2, -0.15) is 0 Å². The molecule has 1 aliphatic rings. The van der Waals surface area contributed by atoms with E-state index in [0.29, 0.717) is 6.04 Å². The van der Waals surface area contributed by atoms with Gasteiger partial charge in [0.2, 0.25) is 0 Å². The van der Waals surface area contributed by atoms with Crippen molar-refractivity contribution in [3.63, 3.8) is 0 Å². The SMILES string of the molecule is OCc1cccc(N(Cc2cccs2)C2CC2)n1. The zero-order valence-corrected chi connectivity index (χ0v) is 10.9. The average molecular weight is 260 g/mol. The van der Waals surface area contributed by atoms with Crippen LogP contribution >= 0.6 is 11.3 Å². The maximum Gasteiger partial charge on any atom is 0.129 e. The summed E-state index contributed by atoms with van der Waals surface area (Å²) < 4.78 is 0. The number of hydrogen-bond acceptors (Lipinski definition) is 4. The van der Waals surface area contributed by atoms with E-state index in [1.807, 2.05) is 18.2 Å². The summed E-state index contributed by atoms with van der Waals surface area (Å²) in [6.45, 7) is 0.926. The van der Waals surface area contributed by atoms with Crippen LogP contribution in [0.15, 0.2) is 35.7 Å². The summed E-state index contributed by atoms with van der Waals surface area (Å²) in [7, 11) is 0. The van der Waals surface area contributed by atoms with Crippen molar-refractivity contribution in [1.82, 2.24) is 4.98 Å². The maximum atomic E-state index is 9.18. The van der Waals surface area contributed by atoms with Crippen molar-refractivity contribution in [2.75, 3.05) is 4.90 Å². The highest BCUT2D eigenvalue weighted by atomic mass is 32.1. The predicted molar refractivity (Wildman–Crippen MR) is 73.7 cm³/mol. The number of pyridine rings is 1. The first-order chi connectivity index (χ1) is 8.86. The molecular formula is C14H16N2OS. The highest BCUT2D eigenvalue weighted by Crippen LogP contribution is 2.32. The molecule has 0 aromatic carbocycles. The molecule has 0 radical (unpaired) electrons. The number of aliphatic hydroxyl groups excluding tert-OH is 1. The first-order valence-corrected chi connectivity index (χ1v) is 7.10. The molecule has 3 nitrogen and oxygen atoms in total. The Morgan fingerprint density at radius 3 is 2.83 bits per heavy atom. The zero-order chi connectivity index (χ0) is 12.4. The van der Waals surface area contributed by atoms with Crippen molar-refractivity contribution in [2.45, 2.75) is 32.0 Å². The van der Waals surface area contributed by atoms with Crippen LogP contribution in [-0.4, -0.2) is 16.1 Å².